The standard InChI is InChI=1S/C15H12F3NO3/c1-21-14(20)11-12(22-13(19-11)8-5-6-8)9-3-2-4-10(7-9)15(16,17)18/h2-4,7-8H,5-6H2,1H3. The molecule has 1 aromatic heterocycles. The van der Waals surface area contributed by atoms with Crippen LogP contribution in [0.1, 0.15) is 40.7 Å². The summed E-state index contributed by atoms with van der Waals surface area (Å²) in [6.07, 6.45) is -2.69. The number of oxazole rings is 1. The van der Waals surface area contributed by atoms with Gasteiger partial charge in [-0.05, 0) is 25.0 Å². The van der Waals surface area contributed by atoms with Gasteiger partial charge in [-0.2, -0.15) is 13.2 Å². The molecule has 0 atom stereocenters. The number of carbonyl (C=O) groups is 1. The van der Waals surface area contributed by atoms with E-state index < -0.39 is 17.7 Å². The fourth-order valence-electron chi connectivity index (χ4n) is 2.11. The molecule has 1 heterocycles. The Kier molecular flexibility index (Phi) is 3.42. The number of benzene rings is 1. The highest BCUT2D eigenvalue weighted by molar-refractivity contribution is 5.93. The van der Waals surface area contributed by atoms with Crippen molar-refractivity contribution in [1.29, 1.82) is 0 Å². The lowest BCUT2D eigenvalue weighted by molar-refractivity contribution is -0.137. The number of esters is 1. The van der Waals surface area contributed by atoms with Crippen LogP contribution >= 0.6 is 0 Å². The van der Waals surface area contributed by atoms with Gasteiger partial charge in [0.15, 0.2) is 17.3 Å². The van der Waals surface area contributed by atoms with Crippen molar-refractivity contribution in [3.05, 3.63) is 41.4 Å². The van der Waals surface area contributed by atoms with Crippen molar-refractivity contribution in [2.75, 3.05) is 7.11 Å². The quantitative estimate of drug-likeness (QED) is 0.803. The normalized spacial score (nSPS) is 14.9. The average Bonchev–Trinajstić information content (AvgIpc) is 3.24. The van der Waals surface area contributed by atoms with E-state index in [0.29, 0.717) is 5.89 Å². The second-order valence-electron chi connectivity index (χ2n) is 5.07. The lowest BCUT2D eigenvalue weighted by Gasteiger charge is -2.07. The van der Waals surface area contributed by atoms with Crippen molar-refractivity contribution in [3.63, 3.8) is 0 Å². The lowest BCUT2D eigenvalue weighted by Crippen LogP contribution is -2.06. The number of hydrogen-bond acceptors (Lipinski definition) is 4. The zero-order valence-corrected chi connectivity index (χ0v) is 11.6. The third-order valence-electron chi connectivity index (χ3n) is 3.40. The van der Waals surface area contributed by atoms with Crippen LogP contribution in [0.3, 0.4) is 0 Å². The van der Waals surface area contributed by atoms with Gasteiger partial charge >= 0.3 is 12.1 Å². The van der Waals surface area contributed by atoms with E-state index in [1.54, 1.807) is 0 Å². The molecule has 0 aliphatic heterocycles. The molecular formula is C15H12F3NO3. The van der Waals surface area contributed by atoms with Crippen LogP contribution in [0.15, 0.2) is 28.7 Å². The van der Waals surface area contributed by atoms with Crippen LogP contribution in [0, 0.1) is 0 Å². The molecule has 0 radical (unpaired) electrons. The van der Waals surface area contributed by atoms with Crippen molar-refractivity contribution in [2.45, 2.75) is 24.9 Å². The number of halogens is 3. The first-order chi connectivity index (χ1) is 10.4. The molecular weight excluding hydrogens is 299 g/mol. The smallest absolute Gasteiger partial charge is 0.416 e. The van der Waals surface area contributed by atoms with Crippen LogP contribution in [0.5, 0.6) is 0 Å². The van der Waals surface area contributed by atoms with E-state index in [0.717, 1.165) is 25.0 Å². The monoisotopic (exact) mass is 311 g/mol. The number of rotatable bonds is 3. The summed E-state index contributed by atoms with van der Waals surface area (Å²) in [5.41, 5.74) is -0.761. The number of ether oxygens (including phenoxy) is 1. The largest absolute Gasteiger partial charge is 0.464 e. The van der Waals surface area contributed by atoms with Gasteiger partial charge in [-0.3, -0.25) is 0 Å². The first-order valence-electron chi connectivity index (χ1n) is 6.67. The summed E-state index contributed by atoms with van der Waals surface area (Å²) in [6.45, 7) is 0. The fourth-order valence-corrected chi connectivity index (χ4v) is 2.11. The minimum absolute atomic E-state index is 0.0137. The molecule has 22 heavy (non-hydrogen) atoms. The number of nitrogens with zero attached hydrogens (tertiary/aromatic N) is 1. The summed E-state index contributed by atoms with van der Waals surface area (Å²) in [5.74, 6) is -0.223. The number of alkyl halides is 3. The molecule has 2 aromatic rings. The molecule has 7 heteroatoms. The van der Waals surface area contributed by atoms with Crippen LogP contribution in [0.25, 0.3) is 11.3 Å². The van der Waals surface area contributed by atoms with Gasteiger partial charge in [0.1, 0.15) is 0 Å². The number of carbonyl (C=O) groups excluding carboxylic acids is 1. The van der Waals surface area contributed by atoms with Crippen molar-refractivity contribution in [1.82, 2.24) is 4.98 Å². The molecule has 1 saturated carbocycles. The van der Waals surface area contributed by atoms with Crippen molar-refractivity contribution in [2.24, 2.45) is 0 Å². The molecule has 1 aliphatic rings. The molecule has 1 aromatic carbocycles. The summed E-state index contributed by atoms with van der Waals surface area (Å²) in [6, 6.07) is 4.60. The van der Waals surface area contributed by atoms with Crippen LogP contribution < -0.4 is 0 Å². The van der Waals surface area contributed by atoms with Gasteiger partial charge in [-0.15, -0.1) is 0 Å². The molecule has 0 N–H and O–H groups in total. The van der Waals surface area contributed by atoms with Crippen LogP contribution in [-0.4, -0.2) is 18.1 Å². The minimum atomic E-state index is -4.47. The maximum absolute atomic E-state index is 12.8. The van der Waals surface area contributed by atoms with Crippen LogP contribution in [0.2, 0.25) is 0 Å². The highest BCUT2D eigenvalue weighted by atomic mass is 19.4. The predicted octanol–water partition coefficient (Wildman–Crippen LogP) is 4.02. The van der Waals surface area contributed by atoms with Gasteiger partial charge in [0.2, 0.25) is 0 Å². The first-order valence-corrected chi connectivity index (χ1v) is 6.67. The van der Waals surface area contributed by atoms with E-state index in [-0.39, 0.29) is 22.9 Å². The summed E-state index contributed by atoms with van der Waals surface area (Å²) < 4.78 is 48.6. The van der Waals surface area contributed by atoms with E-state index >= 15 is 0 Å². The van der Waals surface area contributed by atoms with Crippen molar-refractivity contribution >= 4 is 5.97 Å². The molecule has 1 fully saturated rings. The average molecular weight is 311 g/mol. The third-order valence-corrected chi connectivity index (χ3v) is 3.40. The second-order valence-corrected chi connectivity index (χ2v) is 5.07. The summed E-state index contributed by atoms with van der Waals surface area (Å²) in [4.78, 5) is 15.9. The van der Waals surface area contributed by atoms with E-state index in [1.165, 1.54) is 19.2 Å². The highest BCUT2D eigenvalue weighted by Crippen LogP contribution is 2.42. The van der Waals surface area contributed by atoms with E-state index in [1.807, 2.05) is 0 Å². The number of hydrogen-bond donors (Lipinski definition) is 0. The van der Waals surface area contributed by atoms with Crippen molar-refractivity contribution in [3.8, 4) is 11.3 Å². The molecule has 4 nitrogen and oxygen atoms in total. The van der Waals surface area contributed by atoms with Crippen LogP contribution in [-0.2, 0) is 10.9 Å². The van der Waals surface area contributed by atoms with Crippen molar-refractivity contribution < 1.29 is 27.1 Å². The maximum Gasteiger partial charge on any atom is 0.416 e. The summed E-state index contributed by atoms with van der Waals surface area (Å²) in [5, 5.41) is 0. The predicted molar refractivity (Wildman–Crippen MR) is 70.3 cm³/mol. The lowest BCUT2D eigenvalue weighted by atomic mass is 10.1. The Hall–Kier alpha value is -2.31. The van der Waals surface area contributed by atoms with E-state index in [4.69, 9.17) is 4.42 Å². The fraction of sp³-hybridized carbons (Fsp3) is 0.333. The van der Waals surface area contributed by atoms with Gasteiger partial charge in [0.05, 0.1) is 12.7 Å². The Morgan fingerprint density at radius 1 is 1.36 bits per heavy atom. The minimum Gasteiger partial charge on any atom is -0.464 e. The Morgan fingerprint density at radius 2 is 2.09 bits per heavy atom. The topological polar surface area (TPSA) is 52.3 Å². The molecule has 1 aliphatic carbocycles. The highest BCUT2D eigenvalue weighted by Gasteiger charge is 2.34. The Morgan fingerprint density at radius 3 is 2.68 bits per heavy atom. The van der Waals surface area contributed by atoms with Gasteiger partial charge in [0, 0.05) is 11.5 Å². The van der Waals surface area contributed by atoms with Gasteiger partial charge in [-0.25, -0.2) is 9.78 Å². The zero-order chi connectivity index (χ0) is 15.9. The second kappa shape index (κ2) is 5.15. The van der Waals surface area contributed by atoms with E-state index in [9.17, 15) is 18.0 Å². The molecule has 3 rings (SSSR count). The molecule has 0 unspecified atom stereocenters. The summed E-state index contributed by atoms with van der Waals surface area (Å²) >= 11 is 0. The molecule has 116 valence electrons. The Balaban J connectivity index is 2.08. The van der Waals surface area contributed by atoms with Gasteiger partial charge < -0.3 is 9.15 Å². The molecule has 0 spiro atoms. The molecule has 0 bridgehead atoms. The van der Waals surface area contributed by atoms with Gasteiger partial charge in [-0.1, -0.05) is 12.1 Å². The SMILES string of the molecule is COC(=O)c1nc(C2CC2)oc1-c1cccc(C(F)(F)F)c1. The zero-order valence-electron chi connectivity index (χ0n) is 11.6. The molecule has 0 amide bonds. The third kappa shape index (κ3) is 2.70. The first kappa shape index (κ1) is 14.6. The Bertz CT molecular complexity index is 717. The summed E-state index contributed by atoms with van der Waals surface area (Å²) in [7, 11) is 1.18. The van der Waals surface area contributed by atoms with E-state index in [2.05, 4.69) is 9.72 Å². The maximum atomic E-state index is 12.8. The van der Waals surface area contributed by atoms with Gasteiger partial charge in [0.25, 0.3) is 0 Å². The Labute approximate surface area is 123 Å². The number of aromatic nitrogens is 1. The number of methoxy groups -OCH3 is 1. The van der Waals surface area contributed by atoms with Crippen LogP contribution in [0.4, 0.5) is 13.2 Å². The molecule has 0 saturated heterocycles.